The summed E-state index contributed by atoms with van der Waals surface area (Å²) in [5.74, 6) is -0.715. The number of carbonyl (C=O) groups excluding carboxylic acids is 1. The molecule has 3 aromatic rings. The topological polar surface area (TPSA) is 55.2 Å². The number of benzene rings is 2. The average molecular weight is 351 g/mol. The molecule has 6 heteroatoms. The fourth-order valence-corrected chi connectivity index (χ4v) is 2.64. The van der Waals surface area contributed by atoms with Crippen LogP contribution in [-0.2, 0) is 6.54 Å². The summed E-state index contributed by atoms with van der Waals surface area (Å²) in [5, 5.41) is 4.22. The van der Waals surface area contributed by atoms with Crippen LogP contribution in [0.3, 0.4) is 0 Å². The lowest BCUT2D eigenvalue weighted by atomic mass is 10.2. The summed E-state index contributed by atoms with van der Waals surface area (Å²) in [6, 6.07) is 17.9. The SMILES string of the molecule is CCN(C(=O)c1ccc(=O)n(Cc2ccccc2)n1)c1ccc(F)cc1. The summed E-state index contributed by atoms with van der Waals surface area (Å²) in [6.07, 6.45) is 0. The fraction of sp³-hybridized carbons (Fsp3) is 0.150. The van der Waals surface area contributed by atoms with Gasteiger partial charge in [0.15, 0.2) is 0 Å². The Morgan fingerprint density at radius 2 is 1.73 bits per heavy atom. The lowest BCUT2D eigenvalue weighted by molar-refractivity contribution is 0.0981. The van der Waals surface area contributed by atoms with Crippen LogP contribution in [0.1, 0.15) is 23.0 Å². The molecule has 132 valence electrons. The van der Waals surface area contributed by atoms with Gasteiger partial charge in [0.1, 0.15) is 11.5 Å². The summed E-state index contributed by atoms with van der Waals surface area (Å²) in [6.45, 7) is 2.49. The Labute approximate surface area is 150 Å². The molecule has 0 aliphatic rings. The van der Waals surface area contributed by atoms with Gasteiger partial charge < -0.3 is 4.90 Å². The molecule has 0 N–H and O–H groups in total. The molecule has 1 amide bonds. The van der Waals surface area contributed by atoms with Gasteiger partial charge in [0, 0.05) is 18.3 Å². The van der Waals surface area contributed by atoms with Gasteiger partial charge in [-0.1, -0.05) is 30.3 Å². The molecule has 1 aromatic heterocycles. The lowest BCUT2D eigenvalue weighted by Gasteiger charge is -2.20. The van der Waals surface area contributed by atoms with Gasteiger partial charge in [-0.25, -0.2) is 9.07 Å². The van der Waals surface area contributed by atoms with E-state index in [1.54, 1.807) is 0 Å². The average Bonchev–Trinajstić information content (AvgIpc) is 2.66. The number of nitrogens with zero attached hydrogens (tertiary/aromatic N) is 3. The minimum atomic E-state index is -0.369. The molecule has 0 fully saturated rings. The zero-order valence-corrected chi connectivity index (χ0v) is 14.3. The summed E-state index contributed by atoms with van der Waals surface area (Å²) < 4.78 is 14.4. The first kappa shape index (κ1) is 17.5. The highest BCUT2D eigenvalue weighted by molar-refractivity contribution is 6.04. The van der Waals surface area contributed by atoms with Crippen LogP contribution in [0.4, 0.5) is 10.1 Å². The Morgan fingerprint density at radius 1 is 1.04 bits per heavy atom. The van der Waals surface area contributed by atoms with Crippen LogP contribution >= 0.6 is 0 Å². The highest BCUT2D eigenvalue weighted by Crippen LogP contribution is 2.16. The monoisotopic (exact) mass is 351 g/mol. The molecule has 0 spiro atoms. The van der Waals surface area contributed by atoms with Crippen molar-refractivity contribution in [3.8, 4) is 0 Å². The van der Waals surface area contributed by atoms with Crippen molar-refractivity contribution in [2.75, 3.05) is 11.4 Å². The molecule has 0 saturated heterocycles. The quantitative estimate of drug-likeness (QED) is 0.710. The second kappa shape index (κ2) is 7.74. The first-order valence-corrected chi connectivity index (χ1v) is 8.28. The van der Waals surface area contributed by atoms with Crippen molar-refractivity contribution in [2.45, 2.75) is 13.5 Å². The summed E-state index contributed by atoms with van der Waals surface area (Å²) >= 11 is 0. The van der Waals surface area contributed by atoms with Crippen molar-refractivity contribution in [2.24, 2.45) is 0 Å². The van der Waals surface area contributed by atoms with Crippen LogP contribution in [0, 0.1) is 5.82 Å². The lowest BCUT2D eigenvalue weighted by Crippen LogP contribution is -2.34. The zero-order chi connectivity index (χ0) is 18.5. The Balaban J connectivity index is 1.90. The third kappa shape index (κ3) is 3.85. The van der Waals surface area contributed by atoms with Crippen LogP contribution < -0.4 is 10.5 Å². The van der Waals surface area contributed by atoms with Gasteiger partial charge in [0.05, 0.1) is 6.54 Å². The largest absolute Gasteiger partial charge is 0.307 e. The zero-order valence-electron chi connectivity index (χ0n) is 14.3. The standard InChI is InChI=1S/C20H18FN3O2/c1-2-23(17-10-8-16(21)9-11-17)20(26)18-12-13-19(25)24(22-18)14-15-6-4-3-5-7-15/h3-13H,2,14H2,1H3. The number of rotatable bonds is 5. The molecular formula is C20H18FN3O2. The second-order valence-corrected chi connectivity index (χ2v) is 5.73. The molecule has 1 heterocycles. The maximum atomic E-state index is 13.1. The highest BCUT2D eigenvalue weighted by Gasteiger charge is 2.18. The molecule has 0 unspecified atom stereocenters. The van der Waals surface area contributed by atoms with Gasteiger partial charge in [0.2, 0.25) is 0 Å². The first-order chi connectivity index (χ1) is 12.6. The Kier molecular flexibility index (Phi) is 5.22. The summed E-state index contributed by atoms with van der Waals surface area (Å²) in [4.78, 5) is 26.4. The predicted octanol–water partition coefficient (Wildman–Crippen LogP) is 3.10. The minimum Gasteiger partial charge on any atom is -0.307 e. The number of halogens is 1. The van der Waals surface area contributed by atoms with Gasteiger partial charge in [-0.3, -0.25) is 9.59 Å². The van der Waals surface area contributed by atoms with E-state index in [0.717, 1.165) is 5.56 Å². The van der Waals surface area contributed by atoms with E-state index in [-0.39, 0.29) is 29.5 Å². The van der Waals surface area contributed by atoms with E-state index in [4.69, 9.17) is 0 Å². The third-order valence-electron chi connectivity index (χ3n) is 3.96. The number of hydrogen-bond acceptors (Lipinski definition) is 3. The van der Waals surface area contributed by atoms with Crippen molar-refractivity contribution < 1.29 is 9.18 Å². The van der Waals surface area contributed by atoms with Crippen molar-refractivity contribution in [3.05, 3.63) is 94.2 Å². The Bertz CT molecular complexity index is 953. The van der Waals surface area contributed by atoms with E-state index in [0.29, 0.717) is 12.2 Å². The van der Waals surface area contributed by atoms with Gasteiger partial charge >= 0.3 is 0 Å². The number of hydrogen-bond donors (Lipinski definition) is 0. The molecule has 0 radical (unpaired) electrons. The van der Waals surface area contributed by atoms with Gasteiger partial charge in [-0.05, 0) is 42.8 Å². The van der Waals surface area contributed by atoms with E-state index in [1.807, 2.05) is 37.3 Å². The van der Waals surface area contributed by atoms with Gasteiger partial charge in [0.25, 0.3) is 11.5 Å². The molecule has 0 bridgehead atoms. The molecule has 0 atom stereocenters. The molecule has 2 aromatic carbocycles. The minimum absolute atomic E-state index is 0.159. The molecular weight excluding hydrogens is 333 g/mol. The predicted molar refractivity (Wildman–Crippen MR) is 97.8 cm³/mol. The van der Waals surface area contributed by atoms with E-state index in [9.17, 15) is 14.0 Å². The summed E-state index contributed by atoms with van der Waals surface area (Å²) in [7, 11) is 0. The van der Waals surface area contributed by atoms with E-state index in [2.05, 4.69) is 5.10 Å². The maximum Gasteiger partial charge on any atom is 0.278 e. The molecule has 0 saturated carbocycles. The number of amides is 1. The molecule has 0 aliphatic carbocycles. The van der Waals surface area contributed by atoms with E-state index >= 15 is 0 Å². The number of carbonyl (C=O) groups is 1. The van der Waals surface area contributed by atoms with Crippen LogP contribution in [0.25, 0.3) is 0 Å². The van der Waals surface area contributed by atoms with Crippen molar-refractivity contribution >= 4 is 11.6 Å². The smallest absolute Gasteiger partial charge is 0.278 e. The molecule has 0 aliphatic heterocycles. The second-order valence-electron chi connectivity index (χ2n) is 5.73. The van der Waals surface area contributed by atoms with Crippen LogP contribution in [0.15, 0.2) is 71.5 Å². The van der Waals surface area contributed by atoms with Gasteiger partial charge in [-0.15, -0.1) is 0 Å². The maximum absolute atomic E-state index is 13.1. The molecule has 3 rings (SSSR count). The Hall–Kier alpha value is -3.28. The van der Waals surface area contributed by atoms with Crippen molar-refractivity contribution in [1.29, 1.82) is 0 Å². The Morgan fingerprint density at radius 3 is 2.38 bits per heavy atom. The third-order valence-corrected chi connectivity index (χ3v) is 3.96. The van der Waals surface area contributed by atoms with Gasteiger partial charge in [-0.2, -0.15) is 5.10 Å². The fourth-order valence-electron chi connectivity index (χ4n) is 2.64. The van der Waals surface area contributed by atoms with Crippen LogP contribution in [0.2, 0.25) is 0 Å². The van der Waals surface area contributed by atoms with Crippen molar-refractivity contribution in [3.63, 3.8) is 0 Å². The first-order valence-electron chi connectivity index (χ1n) is 8.28. The summed E-state index contributed by atoms with van der Waals surface area (Å²) in [5.41, 5.74) is 1.36. The molecule has 26 heavy (non-hydrogen) atoms. The van der Waals surface area contributed by atoms with Crippen molar-refractivity contribution in [1.82, 2.24) is 9.78 Å². The van der Waals surface area contributed by atoms with Crippen LogP contribution in [0.5, 0.6) is 0 Å². The normalized spacial score (nSPS) is 10.5. The van der Waals surface area contributed by atoms with E-state index < -0.39 is 0 Å². The van der Waals surface area contributed by atoms with E-state index in [1.165, 1.54) is 46.0 Å². The van der Waals surface area contributed by atoms with Crippen LogP contribution in [-0.4, -0.2) is 22.2 Å². The highest BCUT2D eigenvalue weighted by atomic mass is 19.1. The molecule has 5 nitrogen and oxygen atoms in total. The number of aromatic nitrogens is 2. The number of anilines is 1.